The van der Waals surface area contributed by atoms with Gasteiger partial charge in [0.25, 0.3) is 5.91 Å². The molecule has 0 aliphatic heterocycles. The summed E-state index contributed by atoms with van der Waals surface area (Å²) in [5, 5.41) is 13.1. The van der Waals surface area contributed by atoms with Crippen molar-refractivity contribution in [2.75, 3.05) is 12.4 Å². The van der Waals surface area contributed by atoms with Crippen molar-refractivity contribution in [3.63, 3.8) is 0 Å². The third-order valence-electron chi connectivity index (χ3n) is 3.40. The number of ether oxygens (including phenoxy) is 2. The molecule has 0 unspecified atom stereocenters. The van der Waals surface area contributed by atoms with Gasteiger partial charge in [0.2, 0.25) is 0 Å². The van der Waals surface area contributed by atoms with Gasteiger partial charge in [-0.3, -0.25) is 4.79 Å². The van der Waals surface area contributed by atoms with Crippen LogP contribution in [0.5, 0.6) is 11.5 Å². The van der Waals surface area contributed by atoms with Crippen molar-refractivity contribution in [2.24, 2.45) is 0 Å². The van der Waals surface area contributed by atoms with Gasteiger partial charge in [-0.05, 0) is 56.3 Å². The van der Waals surface area contributed by atoms with Gasteiger partial charge in [0.1, 0.15) is 11.5 Å². The Bertz CT molecular complexity index is 787. The lowest BCUT2D eigenvalue weighted by molar-refractivity contribution is -0.128. The van der Waals surface area contributed by atoms with E-state index >= 15 is 0 Å². The fourth-order valence-corrected chi connectivity index (χ4v) is 2.12. The summed E-state index contributed by atoms with van der Waals surface area (Å²) < 4.78 is 10.3. The second kappa shape index (κ2) is 7.44. The van der Waals surface area contributed by atoms with E-state index in [4.69, 9.17) is 16.3 Å². The number of carbonyl (C=O) groups excluding carboxylic acids is 2. The minimum Gasteiger partial charge on any atom is -0.506 e. The minimum absolute atomic E-state index is 0.158. The number of hydrogen-bond donors (Lipinski definition) is 2. The summed E-state index contributed by atoms with van der Waals surface area (Å²) in [6.45, 7) is 3.19. The number of halogens is 1. The zero-order valence-corrected chi connectivity index (χ0v) is 14.8. The second-order valence-electron chi connectivity index (χ2n) is 5.74. The zero-order valence-electron chi connectivity index (χ0n) is 14.0. The topological polar surface area (TPSA) is 84.9 Å². The van der Waals surface area contributed by atoms with Gasteiger partial charge in [0, 0.05) is 5.02 Å². The molecule has 0 bridgehead atoms. The molecule has 0 saturated heterocycles. The smallest absolute Gasteiger partial charge is 0.337 e. The van der Waals surface area contributed by atoms with Crippen molar-refractivity contribution >= 4 is 29.2 Å². The Balaban J connectivity index is 2.12. The van der Waals surface area contributed by atoms with Crippen molar-refractivity contribution in [1.82, 2.24) is 0 Å². The van der Waals surface area contributed by atoms with E-state index in [1.54, 1.807) is 38.1 Å². The lowest BCUT2D eigenvalue weighted by Crippen LogP contribution is -2.42. The van der Waals surface area contributed by atoms with Crippen LogP contribution in [0.2, 0.25) is 5.02 Å². The third-order valence-corrected chi connectivity index (χ3v) is 3.65. The van der Waals surface area contributed by atoms with Crippen molar-refractivity contribution in [3.05, 3.63) is 53.1 Å². The van der Waals surface area contributed by atoms with Gasteiger partial charge in [-0.25, -0.2) is 4.79 Å². The van der Waals surface area contributed by atoms with Gasteiger partial charge in [-0.2, -0.15) is 0 Å². The van der Waals surface area contributed by atoms with Crippen LogP contribution in [0.1, 0.15) is 24.2 Å². The summed E-state index contributed by atoms with van der Waals surface area (Å²) in [4.78, 5) is 23.9. The molecule has 2 aromatic carbocycles. The molecule has 0 spiro atoms. The molecule has 2 N–H and O–H groups in total. The van der Waals surface area contributed by atoms with Crippen LogP contribution in [-0.4, -0.2) is 29.7 Å². The number of nitrogens with one attached hydrogen (secondary N) is 1. The highest BCUT2D eigenvalue weighted by Crippen LogP contribution is 2.27. The Morgan fingerprint density at radius 2 is 1.76 bits per heavy atom. The predicted molar refractivity (Wildman–Crippen MR) is 94.2 cm³/mol. The normalized spacial score (nSPS) is 10.9. The largest absolute Gasteiger partial charge is 0.506 e. The molecule has 0 atom stereocenters. The van der Waals surface area contributed by atoms with Crippen molar-refractivity contribution in [1.29, 1.82) is 0 Å². The van der Waals surface area contributed by atoms with E-state index in [-0.39, 0.29) is 17.0 Å². The zero-order chi connectivity index (χ0) is 18.6. The molecule has 0 aromatic heterocycles. The van der Waals surface area contributed by atoms with Crippen LogP contribution < -0.4 is 10.1 Å². The molecule has 6 nitrogen and oxygen atoms in total. The van der Waals surface area contributed by atoms with Crippen LogP contribution in [0.3, 0.4) is 0 Å². The number of benzene rings is 2. The monoisotopic (exact) mass is 363 g/mol. The molecular weight excluding hydrogens is 346 g/mol. The molecule has 7 heteroatoms. The molecule has 2 rings (SSSR count). The van der Waals surface area contributed by atoms with Gasteiger partial charge in [-0.1, -0.05) is 11.6 Å². The highest BCUT2D eigenvalue weighted by atomic mass is 35.5. The molecule has 132 valence electrons. The van der Waals surface area contributed by atoms with E-state index in [1.807, 2.05) is 0 Å². The molecule has 2 aromatic rings. The molecular formula is C18H18ClNO5. The Morgan fingerprint density at radius 1 is 1.12 bits per heavy atom. The van der Waals surface area contributed by atoms with E-state index in [1.165, 1.54) is 25.3 Å². The first-order valence-electron chi connectivity index (χ1n) is 7.40. The summed E-state index contributed by atoms with van der Waals surface area (Å²) in [6.07, 6.45) is 0. The van der Waals surface area contributed by atoms with Gasteiger partial charge in [0.15, 0.2) is 5.60 Å². The van der Waals surface area contributed by atoms with Crippen molar-refractivity contribution in [2.45, 2.75) is 19.4 Å². The van der Waals surface area contributed by atoms with Crippen LogP contribution in [0, 0.1) is 0 Å². The summed E-state index contributed by atoms with van der Waals surface area (Å²) >= 11 is 5.82. The number of methoxy groups -OCH3 is 1. The lowest BCUT2D eigenvalue weighted by Gasteiger charge is -2.25. The Hall–Kier alpha value is -2.73. The Kier molecular flexibility index (Phi) is 5.54. The van der Waals surface area contributed by atoms with Crippen LogP contribution in [0.4, 0.5) is 5.69 Å². The van der Waals surface area contributed by atoms with Gasteiger partial charge < -0.3 is 19.9 Å². The maximum Gasteiger partial charge on any atom is 0.337 e. The third kappa shape index (κ3) is 4.64. The Labute approximate surface area is 150 Å². The number of amides is 1. The van der Waals surface area contributed by atoms with E-state index in [2.05, 4.69) is 10.1 Å². The summed E-state index contributed by atoms with van der Waals surface area (Å²) in [5.41, 5.74) is -0.874. The minimum atomic E-state index is -1.21. The predicted octanol–water partition coefficient (Wildman–Crippen LogP) is 3.63. The first-order valence-corrected chi connectivity index (χ1v) is 7.78. The number of anilines is 1. The molecule has 0 aliphatic rings. The van der Waals surface area contributed by atoms with Crippen LogP contribution in [-0.2, 0) is 9.53 Å². The molecule has 0 fully saturated rings. The maximum absolute atomic E-state index is 12.5. The van der Waals surface area contributed by atoms with E-state index in [9.17, 15) is 14.7 Å². The maximum atomic E-state index is 12.5. The molecule has 0 heterocycles. The Morgan fingerprint density at radius 3 is 2.32 bits per heavy atom. The number of phenols is 1. The number of hydrogen-bond acceptors (Lipinski definition) is 5. The van der Waals surface area contributed by atoms with Gasteiger partial charge >= 0.3 is 5.97 Å². The fraction of sp³-hybridized carbons (Fsp3) is 0.222. The second-order valence-corrected chi connectivity index (χ2v) is 6.18. The molecule has 0 radical (unpaired) electrons. The van der Waals surface area contributed by atoms with Crippen molar-refractivity contribution < 1.29 is 24.2 Å². The summed E-state index contributed by atoms with van der Waals surface area (Å²) in [6, 6.07) is 10.7. The van der Waals surface area contributed by atoms with Crippen LogP contribution in [0.25, 0.3) is 0 Å². The van der Waals surface area contributed by atoms with E-state index < -0.39 is 17.5 Å². The number of esters is 1. The average molecular weight is 364 g/mol. The SMILES string of the molecule is COC(=O)c1ccc(NC(=O)C(C)(C)Oc2ccc(Cl)cc2)c(O)c1. The number of aromatic hydroxyl groups is 1. The van der Waals surface area contributed by atoms with Crippen LogP contribution in [0.15, 0.2) is 42.5 Å². The van der Waals surface area contributed by atoms with Crippen LogP contribution >= 0.6 is 11.6 Å². The van der Waals surface area contributed by atoms with Gasteiger partial charge in [0.05, 0.1) is 18.4 Å². The highest BCUT2D eigenvalue weighted by molar-refractivity contribution is 6.30. The fourth-order valence-electron chi connectivity index (χ4n) is 2.00. The number of carbonyl (C=O) groups is 2. The number of phenolic OH excluding ortho intramolecular Hbond substituents is 1. The first-order chi connectivity index (χ1) is 11.7. The summed E-state index contributed by atoms with van der Waals surface area (Å²) in [7, 11) is 1.24. The average Bonchev–Trinajstić information content (AvgIpc) is 2.57. The molecule has 25 heavy (non-hydrogen) atoms. The molecule has 0 saturated carbocycles. The number of rotatable bonds is 5. The summed E-state index contributed by atoms with van der Waals surface area (Å²) in [5.74, 6) is -0.823. The standard InChI is InChI=1S/C18H18ClNO5/c1-18(2,25-13-7-5-12(19)6-8-13)17(23)20-14-9-4-11(10-15(14)21)16(22)24-3/h4-10,21H,1-3H3,(H,20,23). The molecule has 1 amide bonds. The molecule has 0 aliphatic carbocycles. The van der Waals surface area contributed by atoms with Gasteiger partial charge in [-0.15, -0.1) is 0 Å². The van der Waals surface area contributed by atoms with E-state index in [0.717, 1.165) is 0 Å². The highest BCUT2D eigenvalue weighted by Gasteiger charge is 2.30. The quantitative estimate of drug-likeness (QED) is 0.626. The van der Waals surface area contributed by atoms with E-state index in [0.29, 0.717) is 10.8 Å². The lowest BCUT2D eigenvalue weighted by atomic mass is 10.1. The first kappa shape index (κ1) is 18.6. The van der Waals surface area contributed by atoms with Crippen molar-refractivity contribution in [3.8, 4) is 11.5 Å².